The van der Waals surface area contributed by atoms with Crippen molar-refractivity contribution in [3.63, 3.8) is 0 Å². The van der Waals surface area contributed by atoms with Crippen LogP contribution in [0.2, 0.25) is 0 Å². The molecule has 0 spiro atoms. The summed E-state index contributed by atoms with van der Waals surface area (Å²) >= 11 is 0. The fourth-order valence-electron chi connectivity index (χ4n) is 2.67. The van der Waals surface area contributed by atoms with E-state index in [2.05, 4.69) is 75.6 Å². The molecule has 0 unspecified atom stereocenters. The van der Waals surface area contributed by atoms with Crippen LogP contribution in [0.25, 0.3) is 21.8 Å². The number of nitrogens with zero attached hydrogens (tertiary/aromatic N) is 1. The number of aryl methyl sites for hydroxylation is 3. The van der Waals surface area contributed by atoms with Gasteiger partial charge in [0.05, 0.1) is 0 Å². The normalized spacial score (nSPS) is 9.95. The summed E-state index contributed by atoms with van der Waals surface area (Å²) in [4.78, 5) is 0. The molecular weight excluding hydrogens is 266 g/mol. The summed E-state index contributed by atoms with van der Waals surface area (Å²) < 4.78 is 2.39. The Hall–Kier alpha value is -1.76. The van der Waals surface area contributed by atoms with E-state index in [-0.39, 0.29) is 0 Å². The van der Waals surface area contributed by atoms with Crippen LogP contribution in [0.5, 0.6) is 0 Å². The van der Waals surface area contributed by atoms with Gasteiger partial charge >= 0.3 is 0 Å². The van der Waals surface area contributed by atoms with Crippen LogP contribution in [0.15, 0.2) is 36.4 Å². The maximum atomic E-state index is 2.39. The Kier molecular flexibility index (Phi) is 7.17. The molecule has 3 rings (SSSR count). The monoisotopic (exact) mass is 297 g/mol. The van der Waals surface area contributed by atoms with Gasteiger partial charge in [-0.3, -0.25) is 0 Å². The lowest BCUT2D eigenvalue weighted by molar-refractivity contribution is 0.827. The molecule has 0 aliphatic rings. The molecule has 0 aliphatic carbocycles. The first-order valence-electron chi connectivity index (χ1n) is 8.61. The van der Waals surface area contributed by atoms with Gasteiger partial charge in [0.15, 0.2) is 0 Å². The Morgan fingerprint density at radius 2 is 1.09 bits per heavy atom. The van der Waals surface area contributed by atoms with E-state index in [0.29, 0.717) is 0 Å². The Morgan fingerprint density at radius 1 is 0.727 bits per heavy atom. The highest BCUT2D eigenvalue weighted by Crippen LogP contribution is 2.30. The number of rotatable bonds is 1. The van der Waals surface area contributed by atoms with E-state index in [1.54, 1.807) is 0 Å². The largest absolute Gasteiger partial charge is 0.341 e. The van der Waals surface area contributed by atoms with Crippen molar-refractivity contribution >= 4 is 21.8 Å². The van der Waals surface area contributed by atoms with Crippen LogP contribution in [0.3, 0.4) is 0 Å². The Balaban J connectivity index is 0.000000435. The van der Waals surface area contributed by atoms with Crippen molar-refractivity contribution in [1.29, 1.82) is 0 Å². The van der Waals surface area contributed by atoms with Gasteiger partial charge in [-0.15, -0.1) is 0 Å². The molecule has 0 amide bonds. The lowest BCUT2D eigenvalue weighted by Gasteiger charge is -2.02. The molecule has 1 aromatic heterocycles. The zero-order chi connectivity index (χ0) is 16.7. The van der Waals surface area contributed by atoms with E-state index in [4.69, 9.17) is 0 Å². The Labute approximate surface area is 136 Å². The van der Waals surface area contributed by atoms with Crippen molar-refractivity contribution in [1.82, 2.24) is 4.57 Å². The third kappa shape index (κ3) is 3.71. The molecule has 1 heterocycles. The fraction of sp³-hybridized carbons (Fsp3) is 0.429. The maximum absolute atomic E-state index is 2.39. The second-order valence-electron chi connectivity index (χ2n) is 5.49. The number of aromatic nitrogens is 1. The second-order valence-corrected chi connectivity index (χ2v) is 5.49. The van der Waals surface area contributed by atoms with Crippen molar-refractivity contribution in [2.24, 2.45) is 0 Å². The van der Waals surface area contributed by atoms with Gasteiger partial charge in [0.2, 0.25) is 0 Å². The minimum Gasteiger partial charge on any atom is -0.341 e. The topological polar surface area (TPSA) is 4.93 Å². The van der Waals surface area contributed by atoms with Crippen LogP contribution in [0, 0.1) is 13.8 Å². The highest BCUT2D eigenvalue weighted by atomic mass is 15.0. The van der Waals surface area contributed by atoms with E-state index in [1.165, 1.54) is 39.4 Å². The van der Waals surface area contributed by atoms with Crippen molar-refractivity contribution in [3.8, 4) is 0 Å². The van der Waals surface area contributed by atoms with Gasteiger partial charge < -0.3 is 4.57 Å². The van der Waals surface area contributed by atoms with E-state index < -0.39 is 0 Å². The van der Waals surface area contributed by atoms with Crippen LogP contribution in [0.4, 0.5) is 0 Å². The molecule has 0 radical (unpaired) electrons. The second kappa shape index (κ2) is 8.63. The third-order valence-corrected chi connectivity index (χ3v) is 3.49. The molecule has 0 saturated heterocycles. The summed E-state index contributed by atoms with van der Waals surface area (Å²) in [5.41, 5.74) is 5.35. The third-order valence-electron chi connectivity index (χ3n) is 3.49. The molecule has 0 aliphatic heterocycles. The molecule has 0 atom stereocenters. The Bertz CT molecular complexity index is 660. The van der Waals surface area contributed by atoms with Crippen LogP contribution in [0.1, 0.15) is 52.2 Å². The lowest BCUT2D eigenvalue weighted by atomic mass is 10.1. The number of hydrogen-bond donors (Lipinski definition) is 0. The Morgan fingerprint density at radius 3 is 1.41 bits per heavy atom. The summed E-state index contributed by atoms with van der Waals surface area (Å²) in [6.45, 7) is 15.8. The van der Waals surface area contributed by atoms with Crippen LogP contribution < -0.4 is 0 Å². The van der Waals surface area contributed by atoms with Gasteiger partial charge in [0, 0.05) is 28.4 Å². The first kappa shape index (κ1) is 18.3. The zero-order valence-electron chi connectivity index (χ0n) is 15.3. The summed E-state index contributed by atoms with van der Waals surface area (Å²) in [7, 11) is 0. The van der Waals surface area contributed by atoms with Crippen molar-refractivity contribution in [3.05, 3.63) is 47.5 Å². The highest BCUT2D eigenvalue weighted by molar-refractivity contribution is 6.08. The van der Waals surface area contributed by atoms with Gasteiger partial charge in [-0.2, -0.15) is 0 Å². The smallest absolute Gasteiger partial charge is 0.0491 e. The molecule has 2 aromatic carbocycles. The van der Waals surface area contributed by atoms with Gasteiger partial charge in [0.1, 0.15) is 0 Å². The van der Waals surface area contributed by atoms with Crippen LogP contribution in [-0.4, -0.2) is 4.57 Å². The van der Waals surface area contributed by atoms with Crippen molar-refractivity contribution < 1.29 is 0 Å². The van der Waals surface area contributed by atoms with Gasteiger partial charge in [0.25, 0.3) is 0 Å². The van der Waals surface area contributed by atoms with Gasteiger partial charge in [-0.05, 0) is 45.0 Å². The average Bonchev–Trinajstić information content (AvgIpc) is 2.82. The first-order valence-corrected chi connectivity index (χ1v) is 8.61. The molecule has 0 N–H and O–H groups in total. The van der Waals surface area contributed by atoms with Gasteiger partial charge in [-0.25, -0.2) is 0 Å². The minimum atomic E-state index is 1.02. The molecule has 1 heteroatoms. The minimum absolute atomic E-state index is 1.02. The summed E-state index contributed by atoms with van der Waals surface area (Å²) in [5, 5.41) is 2.76. The molecule has 22 heavy (non-hydrogen) atoms. The van der Waals surface area contributed by atoms with Gasteiger partial charge in [-0.1, -0.05) is 57.4 Å². The predicted octanol–water partition coefficient (Wildman–Crippen LogP) is 6.87. The fourth-order valence-corrected chi connectivity index (χ4v) is 2.67. The molecule has 3 aromatic rings. The van der Waals surface area contributed by atoms with Crippen molar-refractivity contribution in [2.45, 2.75) is 61.4 Å². The first-order chi connectivity index (χ1) is 10.6. The SMILES string of the molecule is CC.CCC.CCn1c2ccc(C)cc2c2cc(C)ccc21. The number of hydrogen-bond acceptors (Lipinski definition) is 0. The molecule has 0 fully saturated rings. The average molecular weight is 297 g/mol. The summed E-state index contributed by atoms with van der Waals surface area (Å²) in [5.74, 6) is 0. The van der Waals surface area contributed by atoms with Crippen LogP contribution >= 0.6 is 0 Å². The maximum Gasteiger partial charge on any atom is 0.0491 e. The summed E-state index contributed by atoms with van der Waals surface area (Å²) in [6.07, 6.45) is 1.25. The molecule has 0 saturated carbocycles. The predicted molar refractivity (Wildman–Crippen MR) is 102 cm³/mol. The molecule has 0 bridgehead atoms. The number of benzene rings is 2. The summed E-state index contributed by atoms with van der Waals surface area (Å²) in [6, 6.07) is 13.5. The van der Waals surface area contributed by atoms with Crippen molar-refractivity contribution in [2.75, 3.05) is 0 Å². The van der Waals surface area contributed by atoms with E-state index in [0.717, 1.165) is 6.54 Å². The molecular formula is C21H31N. The van der Waals surface area contributed by atoms with E-state index in [1.807, 2.05) is 13.8 Å². The van der Waals surface area contributed by atoms with E-state index in [9.17, 15) is 0 Å². The highest BCUT2D eigenvalue weighted by Gasteiger charge is 2.09. The quantitative estimate of drug-likeness (QED) is 0.461. The lowest BCUT2D eigenvalue weighted by Crippen LogP contribution is -1.92. The standard InChI is InChI=1S/C16H17N.C3H8.C2H6/c1-4-17-15-7-5-11(2)9-13(15)14-10-12(3)6-8-16(14)17;1-3-2;1-2/h5-10H,4H2,1-3H3;3H2,1-2H3;1-2H3. The van der Waals surface area contributed by atoms with E-state index >= 15 is 0 Å². The van der Waals surface area contributed by atoms with Crippen LogP contribution in [-0.2, 0) is 6.54 Å². The number of fused-ring (bicyclic) bond motifs is 3. The molecule has 120 valence electrons. The molecule has 1 nitrogen and oxygen atoms in total. The zero-order valence-corrected chi connectivity index (χ0v) is 15.3.